The molecule has 5 heteroatoms. The summed E-state index contributed by atoms with van der Waals surface area (Å²) in [6, 6.07) is 7.99. The Morgan fingerprint density at radius 3 is 2.85 bits per heavy atom. The van der Waals surface area contributed by atoms with Crippen LogP contribution in [0, 0.1) is 0 Å². The molecule has 1 fully saturated rings. The van der Waals surface area contributed by atoms with E-state index in [1.165, 1.54) is 12.0 Å². The van der Waals surface area contributed by atoms with Crippen LogP contribution in [-0.4, -0.2) is 28.4 Å². The standard InChI is InChI=1S/C15H17N3O2/c16-15(19)13-2-1-7-18(13)9-11-3-5-12(6-4-11)14-8-17-10-20-14/h3-6,8,10,13H,1-2,7,9H2,(H2,16,19). The van der Waals surface area contributed by atoms with Crippen molar-refractivity contribution in [1.29, 1.82) is 0 Å². The van der Waals surface area contributed by atoms with Crippen LogP contribution in [0.25, 0.3) is 11.3 Å². The lowest BCUT2D eigenvalue weighted by Crippen LogP contribution is -2.39. The molecule has 2 N–H and O–H groups in total. The van der Waals surface area contributed by atoms with Gasteiger partial charge in [-0.25, -0.2) is 4.98 Å². The molecule has 1 aromatic heterocycles. The first kappa shape index (κ1) is 12.9. The van der Waals surface area contributed by atoms with Crippen LogP contribution in [-0.2, 0) is 11.3 Å². The van der Waals surface area contributed by atoms with Crippen LogP contribution in [0.15, 0.2) is 41.3 Å². The number of carbonyl (C=O) groups is 1. The molecule has 3 rings (SSSR count). The molecule has 104 valence electrons. The normalized spacial score (nSPS) is 19.3. The van der Waals surface area contributed by atoms with E-state index in [1.54, 1.807) is 6.20 Å². The van der Waals surface area contributed by atoms with Crippen molar-refractivity contribution in [2.45, 2.75) is 25.4 Å². The van der Waals surface area contributed by atoms with Crippen LogP contribution in [0.2, 0.25) is 0 Å². The van der Waals surface area contributed by atoms with Gasteiger partial charge in [-0.2, -0.15) is 0 Å². The molecular weight excluding hydrogens is 254 g/mol. The van der Waals surface area contributed by atoms with E-state index < -0.39 is 0 Å². The molecule has 2 heterocycles. The number of likely N-dealkylation sites (tertiary alicyclic amines) is 1. The maximum absolute atomic E-state index is 11.4. The summed E-state index contributed by atoms with van der Waals surface area (Å²) in [6.45, 7) is 1.68. The number of amides is 1. The molecule has 1 aliphatic rings. The monoisotopic (exact) mass is 271 g/mol. The van der Waals surface area contributed by atoms with E-state index >= 15 is 0 Å². The Hall–Kier alpha value is -2.14. The maximum atomic E-state index is 11.4. The number of benzene rings is 1. The first-order valence-electron chi connectivity index (χ1n) is 6.75. The van der Waals surface area contributed by atoms with Gasteiger partial charge in [0.15, 0.2) is 12.2 Å². The van der Waals surface area contributed by atoms with Crippen molar-refractivity contribution in [3.05, 3.63) is 42.4 Å². The predicted molar refractivity (Wildman–Crippen MR) is 74.6 cm³/mol. The third-order valence-electron chi connectivity index (χ3n) is 3.75. The van der Waals surface area contributed by atoms with Crippen LogP contribution >= 0.6 is 0 Å². The molecule has 1 unspecified atom stereocenters. The highest BCUT2D eigenvalue weighted by Crippen LogP contribution is 2.22. The molecule has 1 saturated heterocycles. The molecule has 0 aliphatic carbocycles. The Bertz CT molecular complexity index is 578. The maximum Gasteiger partial charge on any atom is 0.234 e. The van der Waals surface area contributed by atoms with Crippen LogP contribution in [0.3, 0.4) is 0 Å². The van der Waals surface area contributed by atoms with Gasteiger partial charge in [0.1, 0.15) is 0 Å². The second kappa shape index (κ2) is 5.46. The molecule has 5 nitrogen and oxygen atoms in total. The average molecular weight is 271 g/mol. The van der Waals surface area contributed by atoms with Gasteiger partial charge >= 0.3 is 0 Å². The van der Waals surface area contributed by atoms with Gasteiger partial charge in [-0.05, 0) is 24.9 Å². The molecule has 0 saturated carbocycles. The molecule has 1 aliphatic heterocycles. The average Bonchev–Trinajstić information content (AvgIpc) is 3.10. The van der Waals surface area contributed by atoms with Crippen molar-refractivity contribution in [3.8, 4) is 11.3 Å². The fourth-order valence-electron chi connectivity index (χ4n) is 2.70. The van der Waals surface area contributed by atoms with Crippen LogP contribution in [0.1, 0.15) is 18.4 Å². The van der Waals surface area contributed by atoms with Crippen LogP contribution < -0.4 is 5.73 Å². The Labute approximate surface area is 117 Å². The molecule has 1 amide bonds. The summed E-state index contributed by atoms with van der Waals surface area (Å²) in [6.07, 6.45) is 5.01. The number of rotatable bonds is 4. The summed E-state index contributed by atoms with van der Waals surface area (Å²) in [4.78, 5) is 17.4. The Morgan fingerprint density at radius 2 is 2.20 bits per heavy atom. The third kappa shape index (κ3) is 2.58. The first-order valence-corrected chi connectivity index (χ1v) is 6.75. The van der Waals surface area contributed by atoms with Crippen molar-refractivity contribution in [3.63, 3.8) is 0 Å². The topological polar surface area (TPSA) is 72.4 Å². The van der Waals surface area contributed by atoms with Crippen molar-refractivity contribution >= 4 is 5.91 Å². The van der Waals surface area contributed by atoms with E-state index in [2.05, 4.69) is 9.88 Å². The summed E-state index contributed by atoms with van der Waals surface area (Å²) in [5.74, 6) is 0.536. The van der Waals surface area contributed by atoms with Gasteiger partial charge in [0.05, 0.1) is 12.2 Å². The quantitative estimate of drug-likeness (QED) is 0.920. The van der Waals surface area contributed by atoms with Crippen LogP contribution in [0.5, 0.6) is 0 Å². The summed E-state index contributed by atoms with van der Waals surface area (Å²) >= 11 is 0. The van der Waals surface area contributed by atoms with E-state index in [1.807, 2.05) is 24.3 Å². The van der Waals surface area contributed by atoms with Gasteiger partial charge in [-0.1, -0.05) is 24.3 Å². The number of hydrogen-bond donors (Lipinski definition) is 1. The second-order valence-corrected chi connectivity index (χ2v) is 5.09. The number of carbonyl (C=O) groups excluding carboxylic acids is 1. The lowest BCUT2D eigenvalue weighted by Gasteiger charge is -2.21. The summed E-state index contributed by atoms with van der Waals surface area (Å²) in [5, 5.41) is 0. The smallest absolute Gasteiger partial charge is 0.234 e. The van der Waals surface area contributed by atoms with Crippen molar-refractivity contribution in [2.75, 3.05) is 6.54 Å². The lowest BCUT2D eigenvalue weighted by molar-refractivity contribution is -0.122. The molecule has 1 atom stereocenters. The first-order chi connectivity index (χ1) is 9.74. The SMILES string of the molecule is NC(=O)C1CCCN1Cc1ccc(-c2cnco2)cc1. The van der Waals surface area contributed by atoms with Crippen molar-refractivity contribution < 1.29 is 9.21 Å². The van der Waals surface area contributed by atoms with E-state index in [4.69, 9.17) is 10.2 Å². The minimum atomic E-state index is -0.221. The highest BCUT2D eigenvalue weighted by molar-refractivity contribution is 5.80. The Kier molecular flexibility index (Phi) is 3.52. The fraction of sp³-hybridized carbons (Fsp3) is 0.333. The number of oxazole rings is 1. The van der Waals surface area contributed by atoms with E-state index in [9.17, 15) is 4.79 Å². The molecule has 0 radical (unpaired) electrons. The number of aromatic nitrogens is 1. The number of nitrogens with two attached hydrogens (primary N) is 1. The van der Waals surface area contributed by atoms with Crippen molar-refractivity contribution in [2.24, 2.45) is 5.73 Å². The van der Waals surface area contributed by atoms with Gasteiger partial charge in [0, 0.05) is 12.1 Å². The van der Waals surface area contributed by atoms with Crippen LogP contribution in [0.4, 0.5) is 0 Å². The zero-order valence-corrected chi connectivity index (χ0v) is 11.2. The lowest BCUT2D eigenvalue weighted by atomic mass is 10.1. The molecule has 0 spiro atoms. The summed E-state index contributed by atoms with van der Waals surface area (Å²) in [5.41, 5.74) is 7.60. The number of nitrogens with zero attached hydrogens (tertiary/aromatic N) is 2. The molecule has 2 aromatic rings. The highest BCUT2D eigenvalue weighted by atomic mass is 16.3. The van der Waals surface area contributed by atoms with E-state index in [0.29, 0.717) is 0 Å². The number of hydrogen-bond acceptors (Lipinski definition) is 4. The van der Waals surface area contributed by atoms with Gasteiger partial charge in [0.2, 0.25) is 5.91 Å². The minimum absolute atomic E-state index is 0.121. The minimum Gasteiger partial charge on any atom is -0.444 e. The van der Waals surface area contributed by atoms with Gasteiger partial charge in [0.25, 0.3) is 0 Å². The van der Waals surface area contributed by atoms with Gasteiger partial charge < -0.3 is 10.2 Å². The number of primary amides is 1. The molecule has 0 bridgehead atoms. The Morgan fingerprint density at radius 1 is 1.40 bits per heavy atom. The van der Waals surface area contributed by atoms with E-state index in [-0.39, 0.29) is 11.9 Å². The Balaban J connectivity index is 1.71. The largest absolute Gasteiger partial charge is 0.444 e. The zero-order valence-electron chi connectivity index (χ0n) is 11.2. The molecular formula is C15H17N3O2. The molecule has 20 heavy (non-hydrogen) atoms. The van der Waals surface area contributed by atoms with Crippen molar-refractivity contribution in [1.82, 2.24) is 9.88 Å². The summed E-state index contributed by atoms with van der Waals surface area (Å²) in [7, 11) is 0. The zero-order chi connectivity index (χ0) is 13.9. The fourth-order valence-corrected chi connectivity index (χ4v) is 2.70. The van der Waals surface area contributed by atoms with Gasteiger partial charge in [-0.15, -0.1) is 0 Å². The second-order valence-electron chi connectivity index (χ2n) is 5.09. The predicted octanol–water partition coefficient (Wildman–Crippen LogP) is 1.79. The van der Waals surface area contributed by atoms with E-state index in [0.717, 1.165) is 37.3 Å². The molecule has 1 aromatic carbocycles. The summed E-state index contributed by atoms with van der Waals surface area (Å²) < 4.78 is 5.26. The highest BCUT2D eigenvalue weighted by Gasteiger charge is 2.28. The van der Waals surface area contributed by atoms with Gasteiger partial charge in [-0.3, -0.25) is 9.69 Å². The third-order valence-corrected chi connectivity index (χ3v) is 3.75.